The van der Waals surface area contributed by atoms with Gasteiger partial charge < -0.3 is 0 Å². The number of terminal acetylenes is 1. The van der Waals surface area contributed by atoms with Crippen LogP contribution in [0, 0.1) is 12.3 Å². The third-order valence-corrected chi connectivity index (χ3v) is 3.31. The molecule has 4 heteroatoms. The van der Waals surface area contributed by atoms with E-state index in [0.29, 0.717) is 6.54 Å². The van der Waals surface area contributed by atoms with Gasteiger partial charge in [0.05, 0.1) is 5.75 Å². The first kappa shape index (κ1) is 13.5. The molecule has 0 spiro atoms. The zero-order valence-corrected chi connectivity index (χ0v) is 9.57. The molecule has 0 radical (unpaired) electrons. The van der Waals surface area contributed by atoms with Crippen molar-refractivity contribution in [1.82, 2.24) is 4.72 Å². The second-order valence-electron chi connectivity index (χ2n) is 3.23. The fourth-order valence-corrected chi connectivity index (χ4v) is 2.25. The van der Waals surface area contributed by atoms with Crippen LogP contribution in [-0.2, 0) is 10.0 Å². The predicted octanol–water partition coefficient (Wildman–Crippen LogP) is 1.51. The Morgan fingerprint density at radius 1 is 1.29 bits per heavy atom. The molecule has 0 rings (SSSR count). The van der Waals surface area contributed by atoms with Gasteiger partial charge in [-0.1, -0.05) is 13.3 Å². The van der Waals surface area contributed by atoms with E-state index < -0.39 is 10.0 Å². The van der Waals surface area contributed by atoms with Crippen molar-refractivity contribution in [2.45, 2.75) is 39.0 Å². The predicted molar refractivity (Wildman–Crippen MR) is 59.4 cm³/mol. The molecule has 0 aliphatic carbocycles. The molecule has 0 fully saturated rings. The number of hydrogen-bond acceptors (Lipinski definition) is 2. The molecule has 0 saturated carbocycles. The van der Waals surface area contributed by atoms with Gasteiger partial charge in [-0.3, -0.25) is 0 Å². The lowest BCUT2D eigenvalue weighted by Crippen LogP contribution is -2.27. The van der Waals surface area contributed by atoms with Gasteiger partial charge in [0.2, 0.25) is 10.0 Å². The first-order chi connectivity index (χ1) is 6.62. The minimum atomic E-state index is -3.03. The van der Waals surface area contributed by atoms with E-state index in [9.17, 15) is 8.42 Å². The van der Waals surface area contributed by atoms with Crippen molar-refractivity contribution in [1.29, 1.82) is 0 Å². The summed E-state index contributed by atoms with van der Waals surface area (Å²) >= 11 is 0. The average molecular weight is 217 g/mol. The van der Waals surface area contributed by atoms with Crippen LogP contribution in [0.5, 0.6) is 0 Å². The number of sulfonamides is 1. The molecule has 0 aliphatic heterocycles. The van der Waals surface area contributed by atoms with Crippen LogP contribution >= 0.6 is 0 Å². The van der Waals surface area contributed by atoms with Crippen LogP contribution < -0.4 is 4.72 Å². The van der Waals surface area contributed by atoms with Crippen molar-refractivity contribution in [2.75, 3.05) is 12.3 Å². The number of rotatable bonds is 8. The summed E-state index contributed by atoms with van der Waals surface area (Å²) in [5, 5.41) is 0. The quantitative estimate of drug-likeness (QED) is 0.495. The Labute approximate surface area is 87.3 Å². The summed E-state index contributed by atoms with van der Waals surface area (Å²) in [6, 6.07) is 0. The molecule has 0 unspecified atom stereocenters. The average Bonchev–Trinajstić information content (AvgIpc) is 2.15. The fourth-order valence-electron chi connectivity index (χ4n) is 0.986. The van der Waals surface area contributed by atoms with E-state index in [1.165, 1.54) is 0 Å². The van der Waals surface area contributed by atoms with Gasteiger partial charge in [-0.2, -0.15) is 0 Å². The topological polar surface area (TPSA) is 46.2 Å². The summed E-state index contributed by atoms with van der Waals surface area (Å²) in [4.78, 5) is 0. The molecule has 0 atom stereocenters. The minimum absolute atomic E-state index is 0.235. The molecule has 0 heterocycles. The summed E-state index contributed by atoms with van der Waals surface area (Å²) in [6.07, 6.45) is 9.11. The van der Waals surface area contributed by atoms with Crippen molar-refractivity contribution in [3.8, 4) is 12.3 Å². The summed E-state index contributed by atoms with van der Waals surface area (Å²) < 4.78 is 25.1. The highest BCUT2D eigenvalue weighted by atomic mass is 32.2. The molecule has 0 amide bonds. The van der Waals surface area contributed by atoms with Crippen LogP contribution in [0.3, 0.4) is 0 Å². The maximum absolute atomic E-state index is 11.3. The molecular weight excluding hydrogens is 198 g/mol. The van der Waals surface area contributed by atoms with E-state index in [0.717, 1.165) is 32.1 Å². The lowest BCUT2D eigenvalue weighted by atomic mass is 10.2. The molecule has 0 saturated heterocycles. The SMILES string of the molecule is C#CCCCCNS(=O)(=O)CCCC. The van der Waals surface area contributed by atoms with Crippen LogP contribution in [0.15, 0.2) is 0 Å². The minimum Gasteiger partial charge on any atom is -0.215 e. The van der Waals surface area contributed by atoms with Gasteiger partial charge in [-0.05, 0) is 19.3 Å². The lowest BCUT2D eigenvalue weighted by Gasteiger charge is -2.04. The van der Waals surface area contributed by atoms with Gasteiger partial charge in [-0.15, -0.1) is 12.3 Å². The van der Waals surface area contributed by atoms with Crippen molar-refractivity contribution in [2.24, 2.45) is 0 Å². The largest absolute Gasteiger partial charge is 0.215 e. The van der Waals surface area contributed by atoms with Crippen LogP contribution in [0.1, 0.15) is 39.0 Å². The van der Waals surface area contributed by atoms with E-state index in [2.05, 4.69) is 10.6 Å². The van der Waals surface area contributed by atoms with Gasteiger partial charge >= 0.3 is 0 Å². The molecule has 1 N–H and O–H groups in total. The molecule has 0 bridgehead atoms. The van der Waals surface area contributed by atoms with Gasteiger partial charge in [0.25, 0.3) is 0 Å². The first-order valence-corrected chi connectivity index (χ1v) is 6.68. The van der Waals surface area contributed by atoms with E-state index >= 15 is 0 Å². The van der Waals surface area contributed by atoms with E-state index in [4.69, 9.17) is 6.42 Å². The Morgan fingerprint density at radius 2 is 2.00 bits per heavy atom. The van der Waals surface area contributed by atoms with Gasteiger partial charge in [0.15, 0.2) is 0 Å². The standard InChI is InChI=1S/C10H19NO2S/c1-3-5-7-8-9-11-14(12,13)10-6-4-2/h1,11H,4-10H2,2H3. The molecule has 0 aromatic heterocycles. The van der Waals surface area contributed by atoms with Crippen LogP contribution in [0.2, 0.25) is 0 Å². The molecule has 14 heavy (non-hydrogen) atoms. The highest BCUT2D eigenvalue weighted by molar-refractivity contribution is 7.89. The smallest absolute Gasteiger partial charge is 0.211 e. The zero-order valence-electron chi connectivity index (χ0n) is 8.75. The third kappa shape index (κ3) is 8.09. The van der Waals surface area contributed by atoms with Gasteiger partial charge in [-0.25, -0.2) is 13.1 Å². The summed E-state index contributed by atoms with van der Waals surface area (Å²) in [7, 11) is -3.03. The van der Waals surface area contributed by atoms with Crippen LogP contribution in [0.25, 0.3) is 0 Å². The third-order valence-electron chi connectivity index (χ3n) is 1.84. The second kappa shape index (κ2) is 7.84. The van der Waals surface area contributed by atoms with Crippen molar-refractivity contribution in [3.05, 3.63) is 0 Å². The van der Waals surface area contributed by atoms with Crippen molar-refractivity contribution in [3.63, 3.8) is 0 Å². The van der Waals surface area contributed by atoms with Gasteiger partial charge in [0, 0.05) is 13.0 Å². The van der Waals surface area contributed by atoms with E-state index in [1.54, 1.807) is 0 Å². The summed E-state index contributed by atoms with van der Waals surface area (Å²) in [5.41, 5.74) is 0. The number of unbranched alkanes of at least 4 members (excludes halogenated alkanes) is 3. The fraction of sp³-hybridized carbons (Fsp3) is 0.800. The van der Waals surface area contributed by atoms with Crippen LogP contribution in [0.4, 0.5) is 0 Å². The summed E-state index contributed by atoms with van der Waals surface area (Å²) in [5.74, 6) is 2.76. The van der Waals surface area contributed by atoms with Crippen molar-refractivity contribution >= 4 is 10.0 Å². The highest BCUT2D eigenvalue weighted by Gasteiger charge is 2.07. The Morgan fingerprint density at radius 3 is 2.57 bits per heavy atom. The molecule has 0 aromatic rings. The lowest BCUT2D eigenvalue weighted by molar-refractivity contribution is 0.574. The Balaban J connectivity index is 3.52. The number of nitrogens with one attached hydrogen (secondary N) is 1. The number of hydrogen-bond donors (Lipinski definition) is 1. The van der Waals surface area contributed by atoms with Gasteiger partial charge in [0.1, 0.15) is 0 Å². The Kier molecular flexibility index (Phi) is 7.54. The maximum Gasteiger partial charge on any atom is 0.211 e. The Hall–Kier alpha value is -0.530. The Bertz CT molecular complexity index is 264. The second-order valence-corrected chi connectivity index (χ2v) is 5.15. The molecule has 3 nitrogen and oxygen atoms in total. The normalized spacial score (nSPS) is 11.1. The van der Waals surface area contributed by atoms with Crippen molar-refractivity contribution < 1.29 is 8.42 Å². The molecular formula is C10H19NO2S. The van der Waals surface area contributed by atoms with E-state index in [-0.39, 0.29) is 5.75 Å². The van der Waals surface area contributed by atoms with Crippen LogP contribution in [-0.4, -0.2) is 20.7 Å². The highest BCUT2D eigenvalue weighted by Crippen LogP contribution is 1.96. The first-order valence-electron chi connectivity index (χ1n) is 5.03. The maximum atomic E-state index is 11.3. The zero-order chi connectivity index (χ0) is 10.9. The summed E-state index contributed by atoms with van der Waals surface area (Å²) in [6.45, 7) is 2.48. The monoisotopic (exact) mass is 217 g/mol. The molecule has 82 valence electrons. The molecule has 0 aromatic carbocycles. The molecule has 0 aliphatic rings. The van der Waals surface area contributed by atoms with E-state index in [1.807, 2.05) is 6.92 Å².